The highest BCUT2D eigenvalue weighted by Gasteiger charge is 2.19. The summed E-state index contributed by atoms with van der Waals surface area (Å²) in [5, 5.41) is 0. The molecule has 2 aromatic rings. The molecule has 0 radical (unpaired) electrons. The minimum absolute atomic E-state index is 0.0792. The van der Waals surface area contributed by atoms with Crippen LogP contribution in [0.2, 0.25) is 0 Å². The Morgan fingerprint density at radius 1 is 1.00 bits per heavy atom. The minimum atomic E-state index is -0.785. The van der Waals surface area contributed by atoms with Crippen molar-refractivity contribution < 1.29 is 8.78 Å². The van der Waals surface area contributed by atoms with Crippen LogP contribution in [0.1, 0.15) is 28.3 Å². The van der Waals surface area contributed by atoms with Crippen LogP contribution in [0.5, 0.6) is 0 Å². The second kappa shape index (κ2) is 4.86. The second-order valence-corrected chi connectivity index (χ2v) is 4.47. The first-order valence-electron chi connectivity index (χ1n) is 5.77. The molecule has 2 rings (SSSR count). The number of rotatable bonds is 2. The fourth-order valence-electron chi connectivity index (χ4n) is 2.14. The molecular weight excluding hydrogens is 232 g/mol. The summed E-state index contributed by atoms with van der Waals surface area (Å²) >= 11 is 0. The molecule has 0 aliphatic rings. The topological polar surface area (TPSA) is 26.0 Å². The van der Waals surface area contributed by atoms with Crippen LogP contribution in [0.15, 0.2) is 36.4 Å². The molecule has 0 saturated heterocycles. The van der Waals surface area contributed by atoms with Crippen LogP contribution in [-0.4, -0.2) is 0 Å². The third-order valence-corrected chi connectivity index (χ3v) is 3.07. The van der Waals surface area contributed by atoms with Crippen molar-refractivity contribution in [2.75, 3.05) is 0 Å². The Labute approximate surface area is 105 Å². The lowest BCUT2D eigenvalue weighted by atomic mass is 9.94. The lowest BCUT2D eigenvalue weighted by Crippen LogP contribution is -2.16. The summed E-state index contributed by atoms with van der Waals surface area (Å²) in [6.07, 6.45) is 0. The highest BCUT2D eigenvalue weighted by Crippen LogP contribution is 2.27. The normalized spacial score (nSPS) is 12.5. The van der Waals surface area contributed by atoms with Gasteiger partial charge in [-0.2, -0.15) is 0 Å². The van der Waals surface area contributed by atoms with E-state index in [0.717, 1.165) is 16.7 Å². The first-order valence-corrected chi connectivity index (χ1v) is 5.77. The van der Waals surface area contributed by atoms with Gasteiger partial charge >= 0.3 is 0 Å². The molecule has 1 unspecified atom stereocenters. The van der Waals surface area contributed by atoms with Gasteiger partial charge in [0.1, 0.15) is 11.6 Å². The molecule has 0 fully saturated rings. The van der Waals surface area contributed by atoms with Crippen molar-refractivity contribution in [2.24, 2.45) is 5.73 Å². The van der Waals surface area contributed by atoms with Gasteiger partial charge in [0.2, 0.25) is 0 Å². The average molecular weight is 247 g/mol. The molecule has 0 saturated carbocycles. The van der Waals surface area contributed by atoms with Gasteiger partial charge < -0.3 is 5.73 Å². The van der Waals surface area contributed by atoms with Gasteiger partial charge in [0.15, 0.2) is 0 Å². The van der Waals surface area contributed by atoms with E-state index in [9.17, 15) is 8.78 Å². The zero-order valence-electron chi connectivity index (χ0n) is 10.4. The summed E-state index contributed by atoms with van der Waals surface area (Å²) in [7, 11) is 0. The van der Waals surface area contributed by atoms with Gasteiger partial charge in [-0.15, -0.1) is 0 Å². The molecule has 18 heavy (non-hydrogen) atoms. The molecule has 1 nitrogen and oxygen atoms in total. The molecule has 0 aliphatic heterocycles. The fourth-order valence-corrected chi connectivity index (χ4v) is 2.14. The first kappa shape index (κ1) is 12.7. The van der Waals surface area contributed by atoms with Gasteiger partial charge in [-0.3, -0.25) is 0 Å². The first-order chi connectivity index (χ1) is 8.50. The Morgan fingerprint density at radius 2 is 1.61 bits per heavy atom. The maximum atomic E-state index is 13.7. The Kier molecular flexibility index (Phi) is 3.43. The quantitative estimate of drug-likeness (QED) is 0.861. The molecule has 94 valence electrons. The van der Waals surface area contributed by atoms with Crippen molar-refractivity contribution in [3.05, 3.63) is 70.3 Å². The summed E-state index contributed by atoms with van der Waals surface area (Å²) in [4.78, 5) is 0. The van der Waals surface area contributed by atoms with E-state index in [-0.39, 0.29) is 5.56 Å². The van der Waals surface area contributed by atoms with Crippen molar-refractivity contribution in [3.8, 4) is 0 Å². The number of hydrogen-bond donors (Lipinski definition) is 1. The zero-order valence-corrected chi connectivity index (χ0v) is 10.4. The molecule has 0 aliphatic carbocycles. The second-order valence-electron chi connectivity index (χ2n) is 4.47. The van der Waals surface area contributed by atoms with Crippen molar-refractivity contribution in [3.63, 3.8) is 0 Å². The smallest absolute Gasteiger partial charge is 0.131 e. The van der Waals surface area contributed by atoms with Gasteiger partial charge in [-0.25, -0.2) is 8.78 Å². The predicted octanol–water partition coefficient (Wildman–Crippen LogP) is 3.63. The highest BCUT2D eigenvalue weighted by atomic mass is 19.1. The molecule has 2 N–H and O–H groups in total. The van der Waals surface area contributed by atoms with E-state index in [4.69, 9.17) is 5.73 Å². The Hall–Kier alpha value is -1.74. The molecule has 0 spiro atoms. The monoisotopic (exact) mass is 247 g/mol. The van der Waals surface area contributed by atoms with Crippen LogP contribution in [0.4, 0.5) is 8.78 Å². The molecule has 2 aromatic carbocycles. The lowest BCUT2D eigenvalue weighted by Gasteiger charge is -2.17. The van der Waals surface area contributed by atoms with Crippen LogP contribution >= 0.6 is 0 Å². The van der Waals surface area contributed by atoms with Crippen molar-refractivity contribution in [2.45, 2.75) is 19.9 Å². The average Bonchev–Trinajstić information content (AvgIpc) is 2.28. The molecule has 3 heteroatoms. The van der Waals surface area contributed by atoms with E-state index in [1.54, 1.807) is 0 Å². The van der Waals surface area contributed by atoms with Crippen molar-refractivity contribution in [1.29, 1.82) is 0 Å². The fraction of sp³-hybridized carbons (Fsp3) is 0.200. The van der Waals surface area contributed by atoms with Gasteiger partial charge in [0.05, 0.1) is 6.04 Å². The SMILES string of the molecule is Cc1ccc(C(N)c2c(F)cccc2F)c(C)c1. The van der Waals surface area contributed by atoms with Gasteiger partial charge in [0, 0.05) is 5.56 Å². The van der Waals surface area contributed by atoms with Crippen molar-refractivity contribution in [1.82, 2.24) is 0 Å². The third kappa shape index (κ3) is 2.27. The van der Waals surface area contributed by atoms with E-state index in [0.29, 0.717) is 0 Å². The van der Waals surface area contributed by atoms with Gasteiger partial charge in [-0.1, -0.05) is 29.8 Å². The van der Waals surface area contributed by atoms with E-state index in [2.05, 4.69) is 0 Å². The Bertz CT molecular complexity index is 558. The molecule has 0 aromatic heterocycles. The Balaban J connectivity index is 2.51. The van der Waals surface area contributed by atoms with Crippen LogP contribution in [-0.2, 0) is 0 Å². The predicted molar refractivity (Wildman–Crippen MR) is 68.3 cm³/mol. The highest BCUT2D eigenvalue weighted by molar-refractivity contribution is 5.39. The summed E-state index contributed by atoms with van der Waals surface area (Å²) in [6.45, 7) is 3.85. The van der Waals surface area contributed by atoms with Crippen LogP contribution in [0.25, 0.3) is 0 Å². The molecular formula is C15H15F2N. The molecule has 1 atom stereocenters. The number of nitrogens with two attached hydrogens (primary N) is 1. The Morgan fingerprint density at radius 3 is 2.17 bits per heavy atom. The molecule has 0 bridgehead atoms. The van der Waals surface area contributed by atoms with Crippen LogP contribution < -0.4 is 5.73 Å². The maximum absolute atomic E-state index is 13.7. The number of halogens is 2. The van der Waals surface area contributed by atoms with E-state index in [1.807, 2.05) is 32.0 Å². The van der Waals surface area contributed by atoms with E-state index >= 15 is 0 Å². The molecule has 0 amide bonds. The van der Waals surface area contributed by atoms with Gasteiger partial charge in [0.25, 0.3) is 0 Å². The van der Waals surface area contributed by atoms with E-state index in [1.165, 1.54) is 18.2 Å². The summed E-state index contributed by atoms with van der Waals surface area (Å²) in [5.41, 5.74) is 8.68. The standard InChI is InChI=1S/C15H15F2N/c1-9-6-7-11(10(2)8-9)15(18)14-12(16)4-3-5-13(14)17/h3-8,15H,18H2,1-2H3. The summed E-state index contributed by atoms with van der Waals surface area (Å²) in [6, 6.07) is 8.66. The number of aryl methyl sites for hydroxylation is 2. The van der Waals surface area contributed by atoms with Crippen LogP contribution in [0, 0.1) is 25.5 Å². The maximum Gasteiger partial charge on any atom is 0.131 e. The minimum Gasteiger partial charge on any atom is -0.320 e. The van der Waals surface area contributed by atoms with E-state index < -0.39 is 17.7 Å². The summed E-state index contributed by atoms with van der Waals surface area (Å²) < 4.78 is 27.4. The largest absolute Gasteiger partial charge is 0.320 e. The number of benzene rings is 2. The lowest BCUT2D eigenvalue weighted by molar-refractivity contribution is 0.543. The third-order valence-electron chi connectivity index (χ3n) is 3.07. The summed E-state index contributed by atoms with van der Waals surface area (Å²) in [5.74, 6) is -1.22. The van der Waals surface area contributed by atoms with Crippen molar-refractivity contribution >= 4 is 0 Å². The zero-order chi connectivity index (χ0) is 13.3. The van der Waals surface area contributed by atoms with Gasteiger partial charge in [-0.05, 0) is 37.1 Å². The number of hydrogen-bond acceptors (Lipinski definition) is 1. The molecule has 0 heterocycles. The van der Waals surface area contributed by atoms with Crippen LogP contribution in [0.3, 0.4) is 0 Å².